The summed E-state index contributed by atoms with van der Waals surface area (Å²) in [6, 6.07) is 0. The molecule has 8 heteroatoms. The lowest BCUT2D eigenvalue weighted by Gasteiger charge is -2.43. The standard InChI is InChI=1S/C7H12N2O.C2HF3O2/c10-6-7(4-8-5-7)2-1-3-9-6;3-2(4,5)1(6)7/h8H,1-5H2,(H,9,10);(H,6,7). The number of halogens is 3. The molecule has 0 aromatic carbocycles. The van der Waals surface area contributed by atoms with Crippen molar-refractivity contribution in [2.24, 2.45) is 5.41 Å². The minimum Gasteiger partial charge on any atom is -0.475 e. The summed E-state index contributed by atoms with van der Waals surface area (Å²) >= 11 is 0. The van der Waals surface area contributed by atoms with Crippen molar-refractivity contribution < 1.29 is 27.9 Å². The quantitative estimate of drug-likeness (QED) is 0.573. The largest absolute Gasteiger partial charge is 0.490 e. The van der Waals surface area contributed by atoms with Crippen molar-refractivity contribution in [1.82, 2.24) is 10.6 Å². The van der Waals surface area contributed by atoms with Gasteiger partial charge in [-0.05, 0) is 12.8 Å². The molecule has 0 aliphatic carbocycles. The van der Waals surface area contributed by atoms with Gasteiger partial charge in [-0.3, -0.25) is 4.79 Å². The monoisotopic (exact) mass is 254 g/mol. The number of carboxylic acid groups (broad SMARTS) is 1. The smallest absolute Gasteiger partial charge is 0.475 e. The summed E-state index contributed by atoms with van der Waals surface area (Å²) in [4.78, 5) is 20.1. The van der Waals surface area contributed by atoms with Crippen molar-refractivity contribution >= 4 is 11.9 Å². The topological polar surface area (TPSA) is 78.4 Å². The zero-order valence-electron chi connectivity index (χ0n) is 8.93. The van der Waals surface area contributed by atoms with Crippen molar-refractivity contribution in [2.75, 3.05) is 19.6 Å². The maximum atomic E-state index is 11.2. The highest BCUT2D eigenvalue weighted by molar-refractivity contribution is 5.84. The predicted octanol–water partition coefficient (Wildman–Crippen LogP) is 0.119. The van der Waals surface area contributed by atoms with Gasteiger partial charge < -0.3 is 15.7 Å². The van der Waals surface area contributed by atoms with Crippen LogP contribution in [0.5, 0.6) is 0 Å². The molecule has 0 radical (unpaired) electrons. The number of nitrogens with one attached hydrogen (secondary N) is 2. The van der Waals surface area contributed by atoms with Gasteiger partial charge in [0, 0.05) is 19.6 Å². The Hall–Kier alpha value is -1.31. The Morgan fingerprint density at radius 2 is 1.88 bits per heavy atom. The molecule has 98 valence electrons. The van der Waals surface area contributed by atoms with Gasteiger partial charge in [0.05, 0.1) is 5.41 Å². The van der Waals surface area contributed by atoms with E-state index >= 15 is 0 Å². The fraction of sp³-hybridized carbons (Fsp3) is 0.778. The summed E-state index contributed by atoms with van der Waals surface area (Å²) in [5.41, 5.74) is -0.00174. The molecule has 2 aliphatic rings. The average Bonchev–Trinajstić information content (AvgIpc) is 2.15. The Morgan fingerprint density at radius 3 is 2.12 bits per heavy atom. The zero-order chi connectivity index (χ0) is 13.1. The highest BCUT2D eigenvalue weighted by Gasteiger charge is 2.45. The normalized spacial score (nSPS) is 21.9. The van der Waals surface area contributed by atoms with E-state index in [0.717, 1.165) is 32.5 Å². The number of piperidine rings is 1. The fourth-order valence-corrected chi connectivity index (χ4v) is 1.69. The van der Waals surface area contributed by atoms with Crippen molar-refractivity contribution in [3.05, 3.63) is 0 Å². The molecule has 0 atom stereocenters. The van der Waals surface area contributed by atoms with Crippen molar-refractivity contribution in [3.63, 3.8) is 0 Å². The van der Waals surface area contributed by atoms with E-state index < -0.39 is 12.1 Å². The molecule has 0 aromatic heterocycles. The van der Waals surface area contributed by atoms with Crippen molar-refractivity contribution in [2.45, 2.75) is 19.0 Å². The number of hydrogen-bond acceptors (Lipinski definition) is 3. The summed E-state index contributed by atoms with van der Waals surface area (Å²) in [5, 5.41) is 13.2. The first-order valence-electron chi connectivity index (χ1n) is 5.07. The van der Waals surface area contributed by atoms with Crippen LogP contribution in [0, 0.1) is 5.41 Å². The summed E-state index contributed by atoms with van der Waals surface area (Å²) < 4.78 is 31.7. The predicted molar refractivity (Wildman–Crippen MR) is 51.2 cm³/mol. The first kappa shape index (κ1) is 13.8. The van der Waals surface area contributed by atoms with E-state index in [1.165, 1.54) is 0 Å². The molecule has 0 aromatic rings. The molecule has 2 fully saturated rings. The minimum absolute atomic E-state index is 0.00174. The summed E-state index contributed by atoms with van der Waals surface area (Å²) in [6.45, 7) is 2.65. The number of carboxylic acids is 1. The molecular weight excluding hydrogens is 241 g/mol. The van der Waals surface area contributed by atoms with E-state index in [9.17, 15) is 18.0 Å². The van der Waals surface area contributed by atoms with Crippen LogP contribution in [0.3, 0.4) is 0 Å². The van der Waals surface area contributed by atoms with Crippen LogP contribution < -0.4 is 10.6 Å². The maximum Gasteiger partial charge on any atom is 0.490 e. The Balaban J connectivity index is 0.000000185. The zero-order valence-corrected chi connectivity index (χ0v) is 8.93. The van der Waals surface area contributed by atoms with Gasteiger partial charge in [-0.2, -0.15) is 13.2 Å². The molecule has 1 spiro atoms. The second-order valence-corrected chi connectivity index (χ2v) is 4.05. The lowest BCUT2D eigenvalue weighted by atomic mass is 9.75. The van der Waals surface area contributed by atoms with Gasteiger partial charge in [0.2, 0.25) is 5.91 Å². The molecule has 0 saturated carbocycles. The van der Waals surface area contributed by atoms with Crippen LogP contribution in [0.1, 0.15) is 12.8 Å². The molecule has 17 heavy (non-hydrogen) atoms. The van der Waals surface area contributed by atoms with Crippen LogP contribution in [0.2, 0.25) is 0 Å². The summed E-state index contributed by atoms with van der Waals surface area (Å²) in [6.07, 6.45) is -2.86. The molecule has 2 aliphatic heterocycles. The van der Waals surface area contributed by atoms with Gasteiger partial charge in [0.15, 0.2) is 0 Å². The molecule has 0 unspecified atom stereocenters. The first-order chi connectivity index (χ1) is 7.78. The fourth-order valence-electron chi connectivity index (χ4n) is 1.69. The Labute approximate surface area is 95.4 Å². The Bertz CT molecular complexity index is 313. The highest BCUT2D eigenvalue weighted by atomic mass is 19.4. The molecule has 1 amide bonds. The van der Waals surface area contributed by atoms with Gasteiger partial charge in [0.1, 0.15) is 0 Å². The van der Waals surface area contributed by atoms with Crippen LogP contribution in [0.15, 0.2) is 0 Å². The highest BCUT2D eigenvalue weighted by Crippen LogP contribution is 2.30. The lowest BCUT2D eigenvalue weighted by Crippen LogP contribution is -2.63. The number of amides is 1. The molecular formula is C9H13F3N2O3. The molecule has 2 rings (SSSR count). The maximum absolute atomic E-state index is 11.2. The Morgan fingerprint density at radius 1 is 1.35 bits per heavy atom. The average molecular weight is 254 g/mol. The third-order valence-corrected chi connectivity index (χ3v) is 2.77. The Kier molecular flexibility index (Phi) is 3.97. The van der Waals surface area contributed by atoms with Crippen LogP contribution in [0.4, 0.5) is 13.2 Å². The van der Waals surface area contributed by atoms with Gasteiger partial charge in [-0.15, -0.1) is 0 Å². The van der Waals surface area contributed by atoms with Crippen LogP contribution >= 0.6 is 0 Å². The summed E-state index contributed by atoms with van der Waals surface area (Å²) in [5.74, 6) is -2.50. The van der Waals surface area contributed by atoms with E-state index in [-0.39, 0.29) is 11.3 Å². The number of aliphatic carboxylic acids is 1. The molecule has 3 N–H and O–H groups in total. The second-order valence-electron chi connectivity index (χ2n) is 4.05. The second kappa shape index (κ2) is 4.91. The van der Waals surface area contributed by atoms with Gasteiger partial charge in [-0.25, -0.2) is 4.79 Å². The van der Waals surface area contributed by atoms with Crippen LogP contribution in [-0.2, 0) is 9.59 Å². The minimum atomic E-state index is -5.08. The number of carbonyl (C=O) groups excluding carboxylic acids is 1. The first-order valence-corrected chi connectivity index (χ1v) is 5.07. The number of alkyl halides is 3. The lowest BCUT2D eigenvalue weighted by molar-refractivity contribution is -0.192. The van der Waals surface area contributed by atoms with Gasteiger partial charge >= 0.3 is 12.1 Å². The van der Waals surface area contributed by atoms with E-state index in [0.29, 0.717) is 0 Å². The van der Waals surface area contributed by atoms with E-state index in [2.05, 4.69) is 10.6 Å². The number of carbonyl (C=O) groups is 2. The van der Waals surface area contributed by atoms with Crippen molar-refractivity contribution in [1.29, 1.82) is 0 Å². The third-order valence-electron chi connectivity index (χ3n) is 2.77. The van der Waals surface area contributed by atoms with E-state index in [4.69, 9.17) is 9.90 Å². The summed E-state index contributed by atoms with van der Waals surface area (Å²) in [7, 11) is 0. The molecule has 5 nitrogen and oxygen atoms in total. The van der Waals surface area contributed by atoms with E-state index in [1.54, 1.807) is 0 Å². The number of rotatable bonds is 0. The molecule has 0 bridgehead atoms. The molecule has 2 heterocycles. The molecule has 2 saturated heterocycles. The van der Waals surface area contributed by atoms with Crippen LogP contribution in [0.25, 0.3) is 0 Å². The van der Waals surface area contributed by atoms with E-state index in [1.807, 2.05) is 0 Å². The SMILES string of the molecule is O=C(O)C(F)(F)F.O=C1NCCCC12CNC2. The van der Waals surface area contributed by atoms with Crippen LogP contribution in [-0.4, -0.2) is 42.8 Å². The van der Waals surface area contributed by atoms with Gasteiger partial charge in [0.25, 0.3) is 0 Å². The van der Waals surface area contributed by atoms with Gasteiger partial charge in [-0.1, -0.05) is 0 Å². The number of hydrogen-bond donors (Lipinski definition) is 3. The third kappa shape index (κ3) is 3.32. The van der Waals surface area contributed by atoms with Crippen molar-refractivity contribution in [3.8, 4) is 0 Å².